The highest BCUT2D eigenvalue weighted by Crippen LogP contribution is 2.35. The van der Waals surface area contributed by atoms with Gasteiger partial charge < -0.3 is 9.64 Å². The molecule has 0 radical (unpaired) electrons. The second-order valence-corrected chi connectivity index (χ2v) is 6.68. The van der Waals surface area contributed by atoms with Crippen molar-refractivity contribution in [2.24, 2.45) is 0 Å². The Kier molecular flexibility index (Phi) is 3.00. The van der Waals surface area contributed by atoms with E-state index in [0.717, 1.165) is 24.3 Å². The van der Waals surface area contributed by atoms with Crippen molar-refractivity contribution < 1.29 is 9.53 Å². The van der Waals surface area contributed by atoms with E-state index in [1.165, 1.54) is 10.4 Å². The summed E-state index contributed by atoms with van der Waals surface area (Å²) in [5, 5.41) is 2.12. The number of nitrogens with zero attached hydrogens (tertiary/aromatic N) is 1. The Hall–Kier alpha value is -1.81. The Morgan fingerprint density at radius 2 is 2.19 bits per heavy atom. The fraction of sp³-hybridized carbons (Fsp3) is 0.353. The average molecular weight is 299 g/mol. The zero-order valence-electron chi connectivity index (χ0n) is 11.9. The Labute approximate surface area is 128 Å². The zero-order valence-corrected chi connectivity index (χ0v) is 12.7. The Morgan fingerprint density at radius 1 is 1.33 bits per heavy atom. The van der Waals surface area contributed by atoms with Crippen LogP contribution in [-0.2, 0) is 17.6 Å². The van der Waals surface area contributed by atoms with Gasteiger partial charge >= 0.3 is 0 Å². The minimum Gasteiger partial charge on any atom is -0.480 e. The minimum atomic E-state index is -0.356. The molecule has 2 unspecified atom stereocenters. The first kappa shape index (κ1) is 12.9. The standard InChI is InChI=1S/C17H17NO2S/c1-11-13-7-9-21-16(13)6-8-18(11)17(19)15-10-12-4-2-3-5-14(12)20-15/h2-5,7,9,11,15H,6,8,10H2,1H3. The SMILES string of the molecule is CC1c2ccsc2CCN1C(=O)C1Cc2ccccc2O1. The number of rotatable bonds is 1. The molecule has 0 saturated carbocycles. The van der Waals surface area contributed by atoms with Gasteiger partial charge in [-0.05, 0) is 42.0 Å². The summed E-state index contributed by atoms with van der Waals surface area (Å²) >= 11 is 1.80. The van der Waals surface area contributed by atoms with Crippen LogP contribution in [0.15, 0.2) is 35.7 Å². The fourth-order valence-electron chi connectivity index (χ4n) is 3.32. The van der Waals surface area contributed by atoms with Gasteiger partial charge in [-0.1, -0.05) is 18.2 Å². The van der Waals surface area contributed by atoms with Gasteiger partial charge in [0, 0.05) is 17.8 Å². The third-order valence-corrected chi connectivity index (χ3v) is 5.48. The van der Waals surface area contributed by atoms with Crippen molar-refractivity contribution in [3.8, 4) is 5.75 Å². The number of hydrogen-bond acceptors (Lipinski definition) is 3. The van der Waals surface area contributed by atoms with Crippen LogP contribution >= 0.6 is 11.3 Å². The summed E-state index contributed by atoms with van der Waals surface area (Å²) in [4.78, 5) is 16.2. The molecule has 2 aromatic rings. The van der Waals surface area contributed by atoms with Gasteiger partial charge in [0.25, 0.3) is 5.91 Å². The van der Waals surface area contributed by atoms with Crippen LogP contribution < -0.4 is 4.74 Å². The maximum Gasteiger partial charge on any atom is 0.264 e. The molecule has 2 aliphatic rings. The summed E-state index contributed by atoms with van der Waals surface area (Å²) in [7, 11) is 0. The molecule has 0 N–H and O–H groups in total. The van der Waals surface area contributed by atoms with Gasteiger partial charge in [0.05, 0.1) is 6.04 Å². The third-order valence-electron chi connectivity index (χ3n) is 4.48. The van der Waals surface area contributed by atoms with Crippen molar-refractivity contribution in [3.63, 3.8) is 0 Å². The molecule has 0 spiro atoms. The molecule has 3 nitrogen and oxygen atoms in total. The van der Waals surface area contributed by atoms with E-state index in [-0.39, 0.29) is 18.1 Å². The number of ether oxygens (including phenoxy) is 1. The molecule has 2 aliphatic heterocycles. The lowest BCUT2D eigenvalue weighted by atomic mass is 10.00. The number of hydrogen-bond donors (Lipinski definition) is 0. The van der Waals surface area contributed by atoms with Crippen molar-refractivity contribution in [2.45, 2.75) is 31.9 Å². The van der Waals surface area contributed by atoms with Gasteiger partial charge in [0.1, 0.15) is 5.75 Å². The minimum absolute atomic E-state index is 0.121. The summed E-state index contributed by atoms with van der Waals surface area (Å²) < 4.78 is 5.85. The number of carbonyl (C=O) groups is 1. The van der Waals surface area contributed by atoms with E-state index >= 15 is 0 Å². The molecule has 3 heterocycles. The van der Waals surface area contributed by atoms with Gasteiger partial charge in [0.15, 0.2) is 6.10 Å². The lowest BCUT2D eigenvalue weighted by Gasteiger charge is -2.35. The van der Waals surface area contributed by atoms with E-state index in [2.05, 4.69) is 18.4 Å². The van der Waals surface area contributed by atoms with Gasteiger partial charge in [-0.15, -0.1) is 11.3 Å². The van der Waals surface area contributed by atoms with Crippen LogP contribution in [-0.4, -0.2) is 23.5 Å². The van der Waals surface area contributed by atoms with Gasteiger partial charge in [-0.2, -0.15) is 0 Å². The maximum atomic E-state index is 12.8. The molecular formula is C17H17NO2S. The molecule has 21 heavy (non-hydrogen) atoms. The molecule has 0 fully saturated rings. The fourth-order valence-corrected chi connectivity index (χ4v) is 4.28. The molecule has 0 aliphatic carbocycles. The van der Waals surface area contributed by atoms with Crippen molar-refractivity contribution in [2.75, 3.05) is 6.54 Å². The van der Waals surface area contributed by atoms with Gasteiger partial charge in [0.2, 0.25) is 0 Å². The van der Waals surface area contributed by atoms with E-state index in [4.69, 9.17) is 4.74 Å². The summed E-state index contributed by atoms with van der Waals surface area (Å²) in [5.41, 5.74) is 2.44. The van der Waals surface area contributed by atoms with Crippen LogP contribution in [0.2, 0.25) is 0 Å². The number of fused-ring (bicyclic) bond motifs is 2. The molecule has 108 valence electrons. The molecule has 1 aromatic heterocycles. The summed E-state index contributed by atoms with van der Waals surface area (Å²) in [6.07, 6.45) is 1.29. The normalized spacial score (nSPS) is 23.4. The first-order chi connectivity index (χ1) is 10.2. The predicted molar refractivity (Wildman–Crippen MR) is 82.7 cm³/mol. The van der Waals surface area contributed by atoms with Crippen LogP contribution in [0.3, 0.4) is 0 Å². The van der Waals surface area contributed by atoms with Crippen LogP contribution in [0, 0.1) is 0 Å². The predicted octanol–water partition coefficient (Wildman–Crippen LogP) is 3.20. The van der Waals surface area contributed by atoms with E-state index in [1.807, 2.05) is 29.2 Å². The lowest BCUT2D eigenvalue weighted by Crippen LogP contribution is -2.45. The molecule has 1 amide bonds. The van der Waals surface area contributed by atoms with Crippen LogP contribution in [0.1, 0.15) is 29.0 Å². The molecule has 1 aromatic carbocycles. The highest BCUT2D eigenvalue weighted by Gasteiger charge is 2.36. The first-order valence-electron chi connectivity index (χ1n) is 7.35. The van der Waals surface area contributed by atoms with E-state index < -0.39 is 0 Å². The van der Waals surface area contributed by atoms with Gasteiger partial charge in [-0.3, -0.25) is 4.79 Å². The lowest BCUT2D eigenvalue weighted by molar-refractivity contribution is -0.140. The molecule has 0 saturated heterocycles. The summed E-state index contributed by atoms with van der Waals surface area (Å²) in [6.45, 7) is 2.91. The smallest absolute Gasteiger partial charge is 0.264 e. The molecule has 0 bridgehead atoms. The third kappa shape index (κ3) is 2.05. The molecule has 4 rings (SSSR count). The average Bonchev–Trinajstić information content (AvgIpc) is 3.13. The van der Waals surface area contributed by atoms with Crippen molar-refractivity contribution >= 4 is 17.2 Å². The topological polar surface area (TPSA) is 29.5 Å². The Bertz CT molecular complexity index is 669. The maximum absolute atomic E-state index is 12.8. The molecule has 2 atom stereocenters. The van der Waals surface area contributed by atoms with Crippen molar-refractivity contribution in [1.29, 1.82) is 0 Å². The van der Waals surface area contributed by atoms with E-state index in [9.17, 15) is 4.79 Å². The first-order valence-corrected chi connectivity index (χ1v) is 8.23. The zero-order chi connectivity index (χ0) is 14.4. The van der Waals surface area contributed by atoms with Crippen molar-refractivity contribution in [3.05, 3.63) is 51.7 Å². The van der Waals surface area contributed by atoms with Gasteiger partial charge in [-0.25, -0.2) is 0 Å². The van der Waals surface area contributed by atoms with Crippen LogP contribution in [0.25, 0.3) is 0 Å². The number of carbonyl (C=O) groups excluding carboxylic acids is 1. The highest BCUT2D eigenvalue weighted by molar-refractivity contribution is 7.10. The second kappa shape index (κ2) is 4.88. The number of thiophene rings is 1. The quantitative estimate of drug-likeness (QED) is 0.809. The largest absolute Gasteiger partial charge is 0.480 e. The van der Waals surface area contributed by atoms with Crippen LogP contribution in [0.5, 0.6) is 5.75 Å². The molecule has 4 heteroatoms. The van der Waals surface area contributed by atoms with Crippen LogP contribution in [0.4, 0.5) is 0 Å². The van der Waals surface area contributed by atoms with E-state index in [0.29, 0.717) is 6.42 Å². The monoisotopic (exact) mass is 299 g/mol. The highest BCUT2D eigenvalue weighted by atomic mass is 32.1. The van der Waals surface area contributed by atoms with Crippen molar-refractivity contribution in [1.82, 2.24) is 4.90 Å². The Balaban J connectivity index is 1.55. The van der Waals surface area contributed by atoms with E-state index in [1.54, 1.807) is 11.3 Å². The number of para-hydroxylation sites is 1. The number of amides is 1. The molecular weight excluding hydrogens is 282 g/mol. The second-order valence-electron chi connectivity index (χ2n) is 5.68. The summed E-state index contributed by atoms with van der Waals surface area (Å²) in [6, 6.07) is 10.2. The number of benzene rings is 1. The Morgan fingerprint density at radius 3 is 3.05 bits per heavy atom. The summed E-state index contributed by atoms with van der Waals surface area (Å²) in [5.74, 6) is 0.979.